The SMILES string of the molecule is C#Cc1c(F)ccc2cc(O)cc(-c3c(F)c4nc(OCC5(CN6CC7CC7C6)CC5)nc(N5C[C@H]6CC[C@@H](C5)N6)c4c4cc(C)oc34)c12. The van der Waals surface area contributed by atoms with Crippen LogP contribution in [0.2, 0.25) is 0 Å². The number of hydrogen-bond acceptors (Lipinski definition) is 8. The summed E-state index contributed by atoms with van der Waals surface area (Å²) in [5.74, 6) is 3.99. The normalized spacial score (nSPS) is 25.3. The highest BCUT2D eigenvalue weighted by Crippen LogP contribution is 2.51. The molecule has 2 aromatic heterocycles. The fourth-order valence-corrected chi connectivity index (χ4v) is 9.05. The number of fused-ring (bicyclic) bond motifs is 7. The quantitative estimate of drug-likeness (QED) is 0.191. The molecular weight excluding hydrogens is 624 g/mol. The minimum Gasteiger partial charge on any atom is -0.508 e. The Morgan fingerprint density at radius 2 is 1.84 bits per heavy atom. The molecule has 8 nitrogen and oxygen atoms in total. The van der Waals surface area contributed by atoms with Crippen LogP contribution in [0.25, 0.3) is 43.8 Å². The van der Waals surface area contributed by atoms with E-state index in [0.29, 0.717) is 51.8 Å². The Bertz CT molecular complexity index is 2240. The molecule has 5 aliphatic rings. The van der Waals surface area contributed by atoms with Gasteiger partial charge in [0.25, 0.3) is 0 Å². The molecule has 5 aromatic rings. The number of ether oxygens (including phenoxy) is 1. The van der Waals surface area contributed by atoms with Crippen molar-refractivity contribution in [2.45, 2.75) is 51.1 Å². The lowest BCUT2D eigenvalue weighted by atomic mass is 9.91. The highest BCUT2D eigenvalue weighted by molar-refractivity contribution is 6.18. The van der Waals surface area contributed by atoms with Crippen molar-refractivity contribution in [3.05, 3.63) is 53.3 Å². The highest BCUT2D eigenvalue weighted by atomic mass is 19.1. The zero-order valence-electron chi connectivity index (χ0n) is 27.4. The summed E-state index contributed by atoms with van der Waals surface area (Å²) in [6.07, 6.45) is 11.5. The van der Waals surface area contributed by atoms with Crippen LogP contribution >= 0.6 is 0 Å². The molecule has 49 heavy (non-hydrogen) atoms. The van der Waals surface area contributed by atoms with Gasteiger partial charge in [0, 0.05) is 66.6 Å². The van der Waals surface area contributed by atoms with E-state index in [1.165, 1.54) is 43.8 Å². The minimum atomic E-state index is -0.667. The molecule has 10 heteroatoms. The van der Waals surface area contributed by atoms with Gasteiger partial charge in [-0.25, -0.2) is 8.78 Å². The molecule has 2 N–H and O–H groups in total. The number of aromatic nitrogens is 2. The van der Waals surface area contributed by atoms with E-state index in [9.17, 15) is 5.11 Å². The van der Waals surface area contributed by atoms with E-state index in [2.05, 4.69) is 21.0 Å². The van der Waals surface area contributed by atoms with E-state index in [-0.39, 0.29) is 45.0 Å². The van der Waals surface area contributed by atoms with Crippen LogP contribution in [0, 0.1) is 48.2 Å². The van der Waals surface area contributed by atoms with Crippen LogP contribution in [0.5, 0.6) is 11.8 Å². The standard InChI is InChI=1S/C39H37F2N5O3/c1-3-27-30(40)7-4-21-12-26(47)13-28(31(21)27)32-34(41)35-33(29-10-20(2)49-36(29)32)37(46-16-24-5-6-25(17-46)42-24)44-38(43-35)48-19-39(8-9-39)18-45-14-22-11-23(22)15-45/h1,4,7,10,12-13,22-25,42,47H,5-6,8-9,11,14-19H2,2H3/t22?,23?,24-,25+. The molecule has 5 heterocycles. The Morgan fingerprint density at radius 1 is 1.06 bits per heavy atom. The van der Waals surface area contributed by atoms with Crippen molar-refractivity contribution in [3.63, 3.8) is 0 Å². The number of likely N-dealkylation sites (tertiary alicyclic amines) is 1. The van der Waals surface area contributed by atoms with Gasteiger partial charge < -0.3 is 29.4 Å². The first-order valence-corrected chi connectivity index (χ1v) is 17.5. The molecule has 0 amide bonds. The molecule has 2 aliphatic carbocycles. The lowest BCUT2D eigenvalue weighted by Crippen LogP contribution is -2.51. The molecule has 0 spiro atoms. The van der Waals surface area contributed by atoms with Gasteiger partial charge in [-0.2, -0.15) is 9.97 Å². The van der Waals surface area contributed by atoms with Gasteiger partial charge in [0.05, 0.1) is 23.1 Å². The van der Waals surface area contributed by atoms with E-state index < -0.39 is 11.6 Å². The fraction of sp³-hybridized carbons (Fsp3) is 0.436. The topological polar surface area (TPSA) is 86.9 Å². The number of phenolic OH excluding ortho intramolecular Hbond substituents is 1. The number of anilines is 1. The van der Waals surface area contributed by atoms with Crippen molar-refractivity contribution in [1.29, 1.82) is 0 Å². The number of nitrogens with zero attached hydrogens (tertiary/aromatic N) is 4. The molecule has 2 bridgehead atoms. The number of aromatic hydroxyl groups is 1. The maximum atomic E-state index is 17.5. The first-order valence-electron chi connectivity index (χ1n) is 17.5. The van der Waals surface area contributed by atoms with Crippen LogP contribution in [0.4, 0.5) is 14.6 Å². The van der Waals surface area contributed by atoms with Crippen LogP contribution in [0.3, 0.4) is 0 Å². The predicted molar refractivity (Wildman–Crippen MR) is 184 cm³/mol. The van der Waals surface area contributed by atoms with Gasteiger partial charge in [0.15, 0.2) is 5.82 Å². The van der Waals surface area contributed by atoms with Crippen LogP contribution < -0.4 is 15.0 Å². The Balaban J connectivity index is 1.16. The van der Waals surface area contributed by atoms with Crippen LogP contribution in [0.15, 0.2) is 34.7 Å². The number of nitrogens with one attached hydrogen (secondary N) is 1. The summed E-state index contributed by atoms with van der Waals surface area (Å²) in [4.78, 5) is 14.6. The number of piperazine rings is 1. The summed E-state index contributed by atoms with van der Waals surface area (Å²) in [7, 11) is 0. The summed E-state index contributed by atoms with van der Waals surface area (Å²) < 4.78 is 45.3. The van der Waals surface area contributed by atoms with Gasteiger partial charge in [-0.1, -0.05) is 12.0 Å². The number of phenols is 1. The second-order valence-electron chi connectivity index (χ2n) is 15.3. The maximum Gasteiger partial charge on any atom is 0.319 e. The Hall–Kier alpha value is -4.46. The van der Waals surface area contributed by atoms with Gasteiger partial charge in [0.2, 0.25) is 0 Å². The molecule has 3 aromatic carbocycles. The number of terminal acetylenes is 1. The predicted octanol–water partition coefficient (Wildman–Crippen LogP) is 6.52. The Morgan fingerprint density at radius 3 is 2.57 bits per heavy atom. The monoisotopic (exact) mass is 661 g/mol. The fourth-order valence-electron chi connectivity index (χ4n) is 9.05. The summed E-state index contributed by atoms with van der Waals surface area (Å²) >= 11 is 0. The Kier molecular flexibility index (Phi) is 6.32. The largest absolute Gasteiger partial charge is 0.508 e. The number of benzene rings is 3. The molecule has 3 aliphatic heterocycles. The molecule has 2 unspecified atom stereocenters. The van der Waals surface area contributed by atoms with Crippen molar-refractivity contribution >= 4 is 38.5 Å². The van der Waals surface area contributed by atoms with Crippen molar-refractivity contribution in [3.8, 4) is 35.2 Å². The summed E-state index contributed by atoms with van der Waals surface area (Å²) in [5.41, 5.74) is 0.685. The van der Waals surface area contributed by atoms with E-state index in [1.54, 1.807) is 0 Å². The van der Waals surface area contributed by atoms with Crippen molar-refractivity contribution in [2.24, 2.45) is 17.3 Å². The number of hydrogen-bond donors (Lipinski definition) is 2. The molecular formula is C39H37F2N5O3. The van der Waals surface area contributed by atoms with Gasteiger partial charge in [-0.05, 0) is 80.5 Å². The van der Waals surface area contributed by atoms with Crippen molar-refractivity contribution < 1.29 is 23.0 Å². The average Bonchev–Trinajstić information content (AvgIpc) is 3.88. The first-order chi connectivity index (χ1) is 23.8. The second kappa shape index (κ2) is 10.5. The number of aryl methyl sites for hydroxylation is 1. The minimum absolute atomic E-state index is 0.0165. The summed E-state index contributed by atoms with van der Waals surface area (Å²) in [5, 5.41) is 16.5. The second-order valence-corrected chi connectivity index (χ2v) is 15.3. The third kappa shape index (κ3) is 4.77. The van der Waals surface area contributed by atoms with Gasteiger partial charge >= 0.3 is 6.01 Å². The van der Waals surface area contributed by atoms with Crippen LogP contribution in [-0.4, -0.2) is 71.4 Å². The zero-order valence-corrected chi connectivity index (χ0v) is 27.4. The summed E-state index contributed by atoms with van der Waals surface area (Å²) in [6, 6.07) is 8.34. The third-order valence-electron chi connectivity index (χ3n) is 11.7. The maximum absolute atomic E-state index is 17.5. The number of halogens is 2. The van der Waals surface area contributed by atoms with Gasteiger partial charge in [-0.15, -0.1) is 6.42 Å². The molecule has 3 saturated heterocycles. The summed E-state index contributed by atoms with van der Waals surface area (Å²) in [6.45, 7) is 7.10. The molecule has 250 valence electrons. The van der Waals surface area contributed by atoms with Crippen LogP contribution in [0.1, 0.15) is 43.4 Å². The van der Waals surface area contributed by atoms with Crippen molar-refractivity contribution in [1.82, 2.24) is 20.2 Å². The zero-order chi connectivity index (χ0) is 33.2. The van der Waals surface area contributed by atoms with E-state index in [0.717, 1.165) is 57.2 Å². The smallest absolute Gasteiger partial charge is 0.319 e. The molecule has 5 fully saturated rings. The van der Waals surface area contributed by atoms with Crippen LogP contribution in [-0.2, 0) is 0 Å². The van der Waals surface area contributed by atoms with E-state index in [4.69, 9.17) is 25.5 Å². The molecule has 2 saturated carbocycles. The third-order valence-corrected chi connectivity index (χ3v) is 11.7. The number of furan rings is 1. The molecule has 4 atom stereocenters. The van der Waals surface area contributed by atoms with E-state index in [1.807, 2.05) is 13.0 Å². The van der Waals surface area contributed by atoms with E-state index >= 15 is 8.78 Å². The molecule has 10 rings (SSSR count). The highest BCUT2D eigenvalue weighted by Gasteiger charge is 2.51. The Labute approximate surface area is 282 Å². The lowest BCUT2D eigenvalue weighted by Gasteiger charge is -2.34. The number of piperidine rings is 1. The van der Waals surface area contributed by atoms with Crippen molar-refractivity contribution in [2.75, 3.05) is 44.2 Å². The lowest BCUT2D eigenvalue weighted by molar-refractivity contribution is 0.163. The molecule has 0 radical (unpaired) electrons. The average molecular weight is 662 g/mol. The first kappa shape index (κ1) is 29.5. The van der Waals surface area contributed by atoms with Gasteiger partial charge in [0.1, 0.15) is 34.2 Å². The van der Waals surface area contributed by atoms with Gasteiger partial charge in [-0.3, -0.25) is 0 Å². The number of rotatable bonds is 7.